The molecule has 4 atom stereocenters. The van der Waals surface area contributed by atoms with Gasteiger partial charge in [0.1, 0.15) is 6.61 Å². The first-order valence-corrected chi connectivity index (χ1v) is 12.1. The third-order valence-corrected chi connectivity index (χ3v) is 7.25. The number of rotatable bonds is 5. The molecule has 0 heterocycles. The Bertz CT molecular complexity index is 1060. The lowest BCUT2D eigenvalue weighted by Gasteiger charge is -2.41. The SMILES string of the molecule is C=CCOc1ccc(C#Cc2ccc(C3CCC4CC(/C=C/C)CCC4C3)cc2)c(F)c1F. The number of benzene rings is 2. The molecule has 1 nitrogen and oxygen atoms in total. The monoisotopic (exact) mass is 446 g/mol. The van der Waals surface area contributed by atoms with E-state index in [1.165, 1.54) is 62.3 Å². The fraction of sp³-hybridized carbons (Fsp3) is 0.400. The molecule has 4 unspecified atom stereocenters. The van der Waals surface area contributed by atoms with Gasteiger partial charge in [-0.25, -0.2) is 4.39 Å². The van der Waals surface area contributed by atoms with Gasteiger partial charge in [0.25, 0.3) is 0 Å². The average molecular weight is 447 g/mol. The van der Waals surface area contributed by atoms with Crippen molar-refractivity contribution in [3.8, 4) is 17.6 Å². The zero-order chi connectivity index (χ0) is 23.2. The van der Waals surface area contributed by atoms with Crippen molar-refractivity contribution in [2.45, 2.75) is 51.4 Å². The topological polar surface area (TPSA) is 9.23 Å². The number of hydrogen-bond donors (Lipinski definition) is 0. The number of halogens is 2. The lowest BCUT2D eigenvalue weighted by molar-refractivity contribution is 0.133. The smallest absolute Gasteiger partial charge is 0.201 e. The highest BCUT2D eigenvalue weighted by atomic mass is 19.2. The lowest BCUT2D eigenvalue weighted by Crippen LogP contribution is -2.30. The maximum atomic E-state index is 14.3. The van der Waals surface area contributed by atoms with Crippen molar-refractivity contribution in [1.29, 1.82) is 0 Å². The van der Waals surface area contributed by atoms with Crippen molar-refractivity contribution in [1.82, 2.24) is 0 Å². The van der Waals surface area contributed by atoms with Crippen molar-refractivity contribution < 1.29 is 13.5 Å². The van der Waals surface area contributed by atoms with Gasteiger partial charge in [-0.05, 0) is 98.9 Å². The Labute approximate surface area is 196 Å². The molecule has 2 aromatic rings. The van der Waals surface area contributed by atoms with Crippen molar-refractivity contribution in [3.63, 3.8) is 0 Å². The minimum absolute atomic E-state index is 0.0226. The standard InChI is InChI=1S/C30H32F2O/c1-3-5-22-9-13-27-20-26(15-14-25(27)19-22)23-10-6-21(7-11-23)8-12-24-16-17-28(33-18-4-2)30(32)29(24)31/h3-7,10-11,16-17,22,25-27H,2,9,13-15,18-20H2,1H3/b5-3+. The quantitative estimate of drug-likeness (QED) is 0.336. The maximum Gasteiger partial charge on any atom is 0.201 e. The first-order chi connectivity index (χ1) is 16.1. The third kappa shape index (κ3) is 5.56. The van der Waals surface area contributed by atoms with E-state index in [0.29, 0.717) is 5.92 Å². The predicted octanol–water partition coefficient (Wildman–Crippen LogP) is 7.81. The molecule has 4 rings (SSSR count). The average Bonchev–Trinajstić information content (AvgIpc) is 2.84. The second kappa shape index (κ2) is 10.8. The normalized spacial score (nSPS) is 24.6. The minimum atomic E-state index is -1.02. The first kappa shape index (κ1) is 23.3. The van der Waals surface area contributed by atoms with Crippen LogP contribution in [0.2, 0.25) is 0 Å². The molecule has 0 spiro atoms. The Balaban J connectivity index is 1.40. The van der Waals surface area contributed by atoms with Gasteiger partial charge in [0, 0.05) is 5.56 Å². The van der Waals surface area contributed by atoms with E-state index in [4.69, 9.17) is 4.74 Å². The van der Waals surface area contributed by atoms with Crippen LogP contribution in [0.1, 0.15) is 68.1 Å². The highest BCUT2D eigenvalue weighted by Crippen LogP contribution is 2.47. The molecule has 2 aliphatic carbocycles. The van der Waals surface area contributed by atoms with Crippen LogP contribution in [-0.2, 0) is 0 Å². The molecular formula is C30H32F2O. The second-order valence-corrected chi connectivity index (χ2v) is 9.34. The summed E-state index contributed by atoms with van der Waals surface area (Å²) in [6, 6.07) is 11.1. The maximum absolute atomic E-state index is 14.3. The molecule has 0 radical (unpaired) electrons. The summed E-state index contributed by atoms with van der Waals surface area (Å²) in [5.41, 5.74) is 2.19. The molecule has 0 bridgehead atoms. The van der Waals surface area contributed by atoms with Crippen LogP contribution in [0.3, 0.4) is 0 Å². The van der Waals surface area contributed by atoms with Crippen molar-refractivity contribution >= 4 is 0 Å². The molecule has 3 heteroatoms. The van der Waals surface area contributed by atoms with Crippen LogP contribution in [0.4, 0.5) is 8.78 Å². The molecular weight excluding hydrogens is 414 g/mol. The third-order valence-electron chi connectivity index (χ3n) is 7.25. The van der Waals surface area contributed by atoms with Crippen LogP contribution in [0.25, 0.3) is 0 Å². The van der Waals surface area contributed by atoms with Crippen LogP contribution in [0.5, 0.6) is 5.75 Å². The lowest BCUT2D eigenvalue weighted by atomic mass is 9.64. The summed E-state index contributed by atoms with van der Waals surface area (Å²) >= 11 is 0. The summed E-state index contributed by atoms with van der Waals surface area (Å²) in [6.07, 6.45) is 14.0. The Hall–Kier alpha value is -2.86. The van der Waals surface area contributed by atoms with Gasteiger partial charge >= 0.3 is 0 Å². The van der Waals surface area contributed by atoms with Gasteiger partial charge in [-0.15, -0.1) is 0 Å². The predicted molar refractivity (Wildman–Crippen MR) is 130 cm³/mol. The zero-order valence-electron chi connectivity index (χ0n) is 19.3. The van der Waals surface area contributed by atoms with Crippen LogP contribution in [-0.4, -0.2) is 6.61 Å². The Morgan fingerprint density at radius 1 is 0.939 bits per heavy atom. The van der Waals surface area contributed by atoms with Crippen LogP contribution in [0.15, 0.2) is 61.2 Å². The van der Waals surface area contributed by atoms with Gasteiger partial charge in [-0.3, -0.25) is 0 Å². The molecule has 0 aliphatic heterocycles. The second-order valence-electron chi connectivity index (χ2n) is 9.34. The number of fused-ring (bicyclic) bond motifs is 1. The molecule has 2 aliphatic rings. The van der Waals surface area contributed by atoms with Crippen LogP contribution in [0, 0.1) is 41.2 Å². The summed E-state index contributed by atoms with van der Waals surface area (Å²) in [7, 11) is 0. The van der Waals surface area contributed by atoms with Gasteiger partial charge in [-0.2, -0.15) is 4.39 Å². The van der Waals surface area contributed by atoms with Crippen LogP contribution >= 0.6 is 0 Å². The molecule has 0 N–H and O–H groups in total. The number of hydrogen-bond acceptors (Lipinski definition) is 1. The summed E-state index contributed by atoms with van der Waals surface area (Å²) in [6.45, 7) is 5.75. The Morgan fingerprint density at radius 2 is 1.70 bits per heavy atom. The van der Waals surface area contributed by atoms with Gasteiger partial charge in [-0.1, -0.05) is 48.8 Å². The van der Waals surface area contributed by atoms with Gasteiger partial charge in [0.05, 0.1) is 5.56 Å². The Kier molecular flexibility index (Phi) is 7.65. The van der Waals surface area contributed by atoms with Crippen molar-refractivity contribution in [3.05, 3.63) is 89.5 Å². The molecule has 0 amide bonds. The molecule has 0 aromatic heterocycles. The summed E-state index contributed by atoms with van der Waals surface area (Å²) < 4.78 is 33.6. The molecule has 2 saturated carbocycles. The molecule has 2 aromatic carbocycles. The van der Waals surface area contributed by atoms with Gasteiger partial charge < -0.3 is 4.74 Å². The number of allylic oxidation sites excluding steroid dienone is 2. The minimum Gasteiger partial charge on any atom is -0.486 e. The molecule has 172 valence electrons. The van der Waals surface area contributed by atoms with Gasteiger partial charge in [0.15, 0.2) is 11.6 Å². The molecule has 2 fully saturated rings. The molecule has 33 heavy (non-hydrogen) atoms. The van der Waals surface area contributed by atoms with E-state index in [1.54, 1.807) is 0 Å². The van der Waals surface area contributed by atoms with E-state index < -0.39 is 11.6 Å². The van der Waals surface area contributed by atoms with Crippen molar-refractivity contribution in [2.75, 3.05) is 6.61 Å². The molecule has 0 saturated heterocycles. The first-order valence-electron chi connectivity index (χ1n) is 12.1. The Morgan fingerprint density at radius 3 is 2.45 bits per heavy atom. The van der Waals surface area contributed by atoms with E-state index in [9.17, 15) is 8.78 Å². The summed E-state index contributed by atoms with van der Waals surface area (Å²) in [5.74, 6) is 6.70. The van der Waals surface area contributed by atoms with E-state index in [1.807, 2.05) is 12.1 Å². The van der Waals surface area contributed by atoms with E-state index in [-0.39, 0.29) is 17.9 Å². The summed E-state index contributed by atoms with van der Waals surface area (Å²) in [4.78, 5) is 0. The fourth-order valence-electron chi connectivity index (χ4n) is 5.54. The highest BCUT2D eigenvalue weighted by molar-refractivity contribution is 5.46. The fourth-order valence-corrected chi connectivity index (χ4v) is 5.54. The van der Waals surface area contributed by atoms with E-state index in [2.05, 4.69) is 49.6 Å². The van der Waals surface area contributed by atoms with Crippen molar-refractivity contribution in [2.24, 2.45) is 17.8 Å². The summed E-state index contributed by atoms with van der Waals surface area (Å²) in [5, 5.41) is 0. The largest absolute Gasteiger partial charge is 0.486 e. The zero-order valence-corrected chi connectivity index (χ0v) is 19.3. The van der Waals surface area contributed by atoms with E-state index >= 15 is 0 Å². The highest BCUT2D eigenvalue weighted by Gasteiger charge is 2.35. The van der Waals surface area contributed by atoms with Crippen LogP contribution < -0.4 is 4.74 Å². The van der Waals surface area contributed by atoms with E-state index in [0.717, 1.165) is 23.3 Å². The van der Waals surface area contributed by atoms with Gasteiger partial charge in [0.2, 0.25) is 5.82 Å². The number of ether oxygens (including phenoxy) is 1.